The number of ketones is 1. The number of carbonyl (C=O) groups excluding carboxylic acids is 1. The Labute approximate surface area is 97.4 Å². The van der Waals surface area contributed by atoms with Crippen molar-refractivity contribution >= 4 is 16.5 Å². The van der Waals surface area contributed by atoms with E-state index in [2.05, 4.69) is 0 Å². The van der Waals surface area contributed by atoms with Gasteiger partial charge in [-0.25, -0.2) is 8.42 Å². The molecule has 0 unspecified atom stereocenters. The van der Waals surface area contributed by atoms with Crippen molar-refractivity contribution in [2.45, 2.75) is 20.3 Å². The first-order valence-corrected chi connectivity index (χ1v) is 6.47. The maximum Gasteiger partial charge on any atom is 0.143 e. The van der Waals surface area contributed by atoms with Crippen LogP contribution in [0.15, 0.2) is 30.3 Å². The Kier molecular flexibility index (Phi) is 4.24. The van der Waals surface area contributed by atoms with Crippen LogP contribution in [0.5, 0.6) is 0 Å². The first-order valence-electron chi connectivity index (χ1n) is 5.11. The first-order chi connectivity index (χ1) is 7.42. The van der Waals surface area contributed by atoms with Crippen LogP contribution in [0.4, 0.5) is 0 Å². The summed E-state index contributed by atoms with van der Waals surface area (Å²) in [5, 5.41) is 0. The molecule has 0 aliphatic rings. The van der Waals surface area contributed by atoms with Crippen molar-refractivity contribution in [3.63, 3.8) is 0 Å². The zero-order valence-corrected chi connectivity index (χ0v) is 10.4. The summed E-state index contributed by atoms with van der Waals surface area (Å²) in [5.41, 5.74) is 0.118. The van der Waals surface area contributed by atoms with Gasteiger partial charge < -0.3 is 0 Å². The SMILES string of the molecule is CC(C)(C[SH](=O)=O)C(=O)Cc1ccccc1. The molecule has 16 heavy (non-hydrogen) atoms. The number of hydrogen-bond acceptors (Lipinski definition) is 3. The monoisotopic (exact) mass is 240 g/mol. The maximum atomic E-state index is 11.9. The lowest BCUT2D eigenvalue weighted by atomic mass is 9.87. The summed E-state index contributed by atoms with van der Waals surface area (Å²) in [6, 6.07) is 9.34. The Morgan fingerprint density at radius 2 is 1.75 bits per heavy atom. The fourth-order valence-corrected chi connectivity index (χ4v) is 2.25. The summed E-state index contributed by atoms with van der Waals surface area (Å²) < 4.78 is 21.3. The molecular weight excluding hydrogens is 224 g/mol. The highest BCUT2D eigenvalue weighted by atomic mass is 32.2. The summed E-state index contributed by atoms with van der Waals surface area (Å²) >= 11 is 0. The van der Waals surface area contributed by atoms with Gasteiger partial charge in [-0.1, -0.05) is 44.2 Å². The Bertz CT molecular complexity index is 425. The maximum absolute atomic E-state index is 11.9. The van der Waals surface area contributed by atoms with Gasteiger partial charge in [0.2, 0.25) is 0 Å². The number of rotatable bonds is 5. The van der Waals surface area contributed by atoms with Crippen molar-refractivity contribution in [3.8, 4) is 0 Å². The van der Waals surface area contributed by atoms with Crippen LogP contribution < -0.4 is 0 Å². The average Bonchev–Trinajstić information content (AvgIpc) is 2.17. The molecule has 0 saturated carbocycles. The van der Waals surface area contributed by atoms with Crippen LogP contribution in [0.3, 0.4) is 0 Å². The molecule has 0 N–H and O–H groups in total. The molecule has 0 aliphatic heterocycles. The molecule has 0 saturated heterocycles. The molecular formula is C12H16O3S. The van der Waals surface area contributed by atoms with E-state index in [0.717, 1.165) is 5.56 Å². The molecule has 0 aromatic heterocycles. The molecule has 0 radical (unpaired) electrons. The highest BCUT2D eigenvalue weighted by molar-refractivity contribution is 7.72. The van der Waals surface area contributed by atoms with Crippen molar-refractivity contribution in [2.75, 3.05) is 5.75 Å². The topological polar surface area (TPSA) is 51.2 Å². The molecule has 0 heterocycles. The van der Waals surface area contributed by atoms with Gasteiger partial charge in [0.15, 0.2) is 0 Å². The minimum absolute atomic E-state index is 0.0436. The molecule has 0 bridgehead atoms. The van der Waals surface area contributed by atoms with Crippen molar-refractivity contribution in [1.82, 2.24) is 0 Å². The lowest BCUT2D eigenvalue weighted by Gasteiger charge is -2.19. The summed E-state index contributed by atoms with van der Waals surface area (Å²) in [6.07, 6.45) is 0.289. The van der Waals surface area contributed by atoms with Gasteiger partial charge >= 0.3 is 0 Å². The number of carbonyl (C=O) groups is 1. The third kappa shape index (κ3) is 3.77. The fourth-order valence-electron chi connectivity index (χ4n) is 1.43. The van der Waals surface area contributed by atoms with E-state index in [1.54, 1.807) is 13.8 Å². The van der Waals surface area contributed by atoms with Gasteiger partial charge in [0.25, 0.3) is 0 Å². The minimum Gasteiger partial charge on any atom is -0.299 e. The van der Waals surface area contributed by atoms with Crippen LogP contribution in [0.1, 0.15) is 19.4 Å². The Morgan fingerprint density at radius 1 is 1.19 bits per heavy atom. The minimum atomic E-state index is -2.52. The summed E-state index contributed by atoms with van der Waals surface area (Å²) in [5.74, 6) is -0.133. The van der Waals surface area contributed by atoms with Crippen LogP contribution in [0, 0.1) is 5.41 Å². The normalized spacial score (nSPS) is 11.7. The predicted molar refractivity (Wildman–Crippen MR) is 64.1 cm³/mol. The fraction of sp³-hybridized carbons (Fsp3) is 0.417. The van der Waals surface area contributed by atoms with E-state index in [-0.39, 0.29) is 18.0 Å². The Balaban J connectivity index is 2.72. The predicted octanol–water partition coefficient (Wildman–Crippen LogP) is 1.44. The van der Waals surface area contributed by atoms with E-state index in [9.17, 15) is 13.2 Å². The first kappa shape index (κ1) is 12.9. The number of benzene rings is 1. The molecule has 0 fully saturated rings. The van der Waals surface area contributed by atoms with Gasteiger partial charge in [-0.2, -0.15) is 0 Å². The molecule has 1 aromatic rings. The number of thiol groups is 1. The largest absolute Gasteiger partial charge is 0.299 e. The molecule has 0 spiro atoms. The van der Waals surface area contributed by atoms with Gasteiger partial charge in [0.05, 0.1) is 5.75 Å². The van der Waals surface area contributed by atoms with E-state index in [0.29, 0.717) is 0 Å². The van der Waals surface area contributed by atoms with Crippen molar-refractivity contribution in [1.29, 1.82) is 0 Å². The third-order valence-electron chi connectivity index (χ3n) is 2.49. The highest BCUT2D eigenvalue weighted by Crippen LogP contribution is 2.19. The lowest BCUT2D eigenvalue weighted by Crippen LogP contribution is -2.30. The van der Waals surface area contributed by atoms with Crippen molar-refractivity contribution < 1.29 is 13.2 Å². The number of hydrogen-bond donors (Lipinski definition) is 1. The molecule has 4 heteroatoms. The molecule has 0 amide bonds. The second kappa shape index (κ2) is 5.25. The molecule has 88 valence electrons. The molecule has 0 atom stereocenters. The van der Waals surface area contributed by atoms with Crippen LogP contribution >= 0.6 is 0 Å². The van der Waals surface area contributed by atoms with Crippen molar-refractivity contribution in [3.05, 3.63) is 35.9 Å². The Morgan fingerprint density at radius 3 is 2.25 bits per heavy atom. The van der Waals surface area contributed by atoms with Crippen molar-refractivity contribution in [2.24, 2.45) is 5.41 Å². The van der Waals surface area contributed by atoms with Gasteiger partial charge in [-0.3, -0.25) is 4.79 Å². The third-order valence-corrected chi connectivity index (χ3v) is 3.54. The lowest BCUT2D eigenvalue weighted by molar-refractivity contribution is -0.125. The second-order valence-corrected chi connectivity index (χ2v) is 5.44. The summed E-state index contributed by atoms with van der Waals surface area (Å²) in [7, 11) is -2.52. The quantitative estimate of drug-likeness (QED) is 0.792. The average molecular weight is 240 g/mol. The van der Waals surface area contributed by atoms with E-state index >= 15 is 0 Å². The molecule has 0 aliphatic carbocycles. The molecule has 1 aromatic carbocycles. The summed E-state index contributed by atoms with van der Waals surface area (Å²) in [4.78, 5) is 11.9. The second-order valence-electron chi connectivity index (χ2n) is 4.46. The van der Waals surface area contributed by atoms with Gasteiger partial charge in [-0.15, -0.1) is 0 Å². The zero-order chi connectivity index (χ0) is 12.2. The van der Waals surface area contributed by atoms with Crippen LogP contribution in [0.2, 0.25) is 0 Å². The molecule has 1 rings (SSSR count). The Hall–Kier alpha value is -1.16. The van der Waals surface area contributed by atoms with Crippen LogP contribution in [0.25, 0.3) is 0 Å². The standard InChI is InChI=1S/C12H16O3S/c1-12(2,9-16(14)15)11(13)8-10-6-4-3-5-7-10/h3-7,16H,8-9H2,1-2H3. The van der Waals surface area contributed by atoms with Gasteiger partial charge in [-0.05, 0) is 5.56 Å². The van der Waals surface area contributed by atoms with Crippen LogP contribution in [-0.4, -0.2) is 20.0 Å². The number of Topliss-reactive ketones (excluding diaryl/α,β-unsaturated/α-hetero) is 1. The van der Waals surface area contributed by atoms with E-state index in [1.165, 1.54) is 0 Å². The smallest absolute Gasteiger partial charge is 0.143 e. The van der Waals surface area contributed by atoms with Gasteiger partial charge in [0, 0.05) is 11.8 Å². The summed E-state index contributed by atoms with van der Waals surface area (Å²) in [6.45, 7) is 3.34. The molecule has 3 nitrogen and oxygen atoms in total. The zero-order valence-electron chi connectivity index (χ0n) is 9.47. The van der Waals surface area contributed by atoms with E-state index in [1.807, 2.05) is 30.3 Å². The van der Waals surface area contributed by atoms with Gasteiger partial charge in [0.1, 0.15) is 16.5 Å². The van der Waals surface area contributed by atoms with Crippen LogP contribution in [-0.2, 0) is 21.9 Å². The van der Waals surface area contributed by atoms with E-state index in [4.69, 9.17) is 0 Å². The van der Waals surface area contributed by atoms with E-state index < -0.39 is 16.1 Å². The highest BCUT2D eigenvalue weighted by Gasteiger charge is 2.28.